The Hall–Kier alpha value is -1.74. The number of rotatable bonds is 5. The van der Waals surface area contributed by atoms with Crippen LogP contribution < -0.4 is 4.72 Å². The first kappa shape index (κ1) is 11.7. The van der Waals surface area contributed by atoms with Gasteiger partial charge in [-0.15, -0.1) is 0 Å². The molecule has 0 fully saturated rings. The Bertz CT molecular complexity index is 574. The first-order chi connectivity index (χ1) is 8.08. The van der Waals surface area contributed by atoms with Crippen molar-refractivity contribution >= 4 is 10.0 Å². The smallest absolute Gasteiger partial charge is 0.257 e. The molecule has 92 valence electrons. The van der Waals surface area contributed by atoms with Gasteiger partial charge in [-0.25, -0.2) is 13.1 Å². The summed E-state index contributed by atoms with van der Waals surface area (Å²) in [4.78, 5) is 3.96. The minimum absolute atomic E-state index is 0.0270. The number of sulfonamides is 1. The van der Waals surface area contributed by atoms with E-state index in [1.807, 2.05) is 0 Å². The number of aromatic nitrogens is 4. The molecule has 0 aliphatic rings. The van der Waals surface area contributed by atoms with E-state index in [1.54, 1.807) is 6.92 Å². The van der Waals surface area contributed by atoms with Crippen LogP contribution in [0.3, 0.4) is 0 Å². The lowest BCUT2D eigenvalue weighted by Crippen LogP contribution is -2.26. The van der Waals surface area contributed by atoms with Crippen LogP contribution in [0.5, 0.6) is 0 Å². The van der Waals surface area contributed by atoms with Crippen molar-refractivity contribution in [3.8, 4) is 0 Å². The van der Waals surface area contributed by atoms with Crippen LogP contribution in [0.2, 0.25) is 0 Å². The molecule has 0 saturated carbocycles. The van der Waals surface area contributed by atoms with Crippen LogP contribution in [0.15, 0.2) is 21.8 Å². The van der Waals surface area contributed by atoms with Crippen molar-refractivity contribution in [2.75, 3.05) is 6.54 Å². The van der Waals surface area contributed by atoms with Gasteiger partial charge in [-0.3, -0.25) is 5.10 Å². The van der Waals surface area contributed by atoms with Crippen molar-refractivity contribution in [2.24, 2.45) is 0 Å². The molecule has 9 heteroatoms. The molecule has 0 bridgehead atoms. The largest absolute Gasteiger partial charge is 0.339 e. The van der Waals surface area contributed by atoms with Crippen molar-refractivity contribution in [3.05, 3.63) is 24.0 Å². The molecule has 0 atom stereocenters. The Balaban J connectivity index is 1.91. The Morgan fingerprint density at radius 1 is 1.53 bits per heavy atom. The molecular weight excluding hydrogens is 246 g/mol. The van der Waals surface area contributed by atoms with Crippen LogP contribution in [0, 0.1) is 6.92 Å². The number of hydrogen-bond acceptors (Lipinski definition) is 6. The fourth-order valence-corrected chi connectivity index (χ4v) is 2.14. The number of aryl methyl sites for hydroxylation is 1. The molecule has 0 aliphatic carbocycles. The molecule has 0 radical (unpaired) electrons. The molecule has 0 saturated heterocycles. The third kappa shape index (κ3) is 2.88. The van der Waals surface area contributed by atoms with E-state index in [1.165, 1.54) is 12.3 Å². The van der Waals surface area contributed by atoms with Gasteiger partial charge in [0.2, 0.25) is 5.89 Å². The fourth-order valence-electron chi connectivity index (χ4n) is 1.20. The van der Waals surface area contributed by atoms with Crippen molar-refractivity contribution in [1.82, 2.24) is 25.1 Å². The van der Waals surface area contributed by atoms with Gasteiger partial charge in [-0.05, 0) is 13.0 Å². The van der Waals surface area contributed by atoms with E-state index in [0.29, 0.717) is 18.1 Å². The van der Waals surface area contributed by atoms with Gasteiger partial charge < -0.3 is 4.52 Å². The van der Waals surface area contributed by atoms with Gasteiger partial charge in [0.15, 0.2) is 10.9 Å². The second-order valence-electron chi connectivity index (χ2n) is 3.30. The minimum atomic E-state index is -3.54. The summed E-state index contributed by atoms with van der Waals surface area (Å²) in [6.45, 7) is 1.88. The summed E-state index contributed by atoms with van der Waals surface area (Å²) in [7, 11) is -3.54. The van der Waals surface area contributed by atoms with Gasteiger partial charge >= 0.3 is 0 Å². The van der Waals surface area contributed by atoms with Gasteiger partial charge in [0.1, 0.15) is 0 Å². The summed E-state index contributed by atoms with van der Waals surface area (Å²) < 4.78 is 30.5. The molecule has 0 aliphatic heterocycles. The molecule has 2 N–H and O–H groups in total. The molecule has 2 heterocycles. The van der Waals surface area contributed by atoms with Crippen LogP contribution >= 0.6 is 0 Å². The number of aromatic amines is 1. The highest BCUT2D eigenvalue weighted by atomic mass is 32.2. The zero-order valence-corrected chi connectivity index (χ0v) is 9.86. The summed E-state index contributed by atoms with van der Waals surface area (Å²) in [6, 6.07) is 1.37. The Morgan fingerprint density at radius 3 is 2.94 bits per heavy atom. The third-order valence-electron chi connectivity index (χ3n) is 1.97. The highest BCUT2D eigenvalue weighted by Gasteiger charge is 2.15. The number of nitrogens with zero attached hydrogens (tertiary/aromatic N) is 3. The van der Waals surface area contributed by atoms with E-state index >= 15 is 0 Å². The SMILES string of the molecule is Cc1noc(CCNS(=O)(=O)c2ccn[nH]2)n1. The molecule has 0 amide bonds. The van der Waals surface area contributed by atoms with E-state index in [-0.39, 0.29) is 11.6 Å². The van der Waals surface area contributed by atoms with Crippen molar-refractivity contribution in [3.63, 3.8) is 0 Å². The van der Waals surface area contributed by atoms with E-state index in [4.69, 9.17) is 4.52 Å². The summed E-state index contributed by atoms with van der Waals surface area (Å²) in [5, 5.41) is 9.58. The van der Waals surface area contributed by atoms with Crippen LogP contribution in [0.25, 0.3) is 0 Å². The maximum Gasteiger partial charge on any atom is 0.257 e. The summed E-state index contributed by atoms with van der Waals surface area (Å²) in [6.07, 6.45) is 1.71. The molecule has 8 nitrogen and oxygen atoms in total. The van der Waals surface area contributed by atoms with Crippen molar-refractivity contribution in [2.45, 2.75) is 18.4 Å². The Labute approximate surface area is 97.5 Å². The van der Waals surface area contributed by atoms with E-state index in [2.05, 4.69) is 25.1 Å². The molecule has 0 unspecified atom stereocenters. The zero-order chi connectivity index (χ0) is 12.3. The average Bonchev–Trinajstić information content (AvgIpc) is 2.89. The second-order valence-corrected chi connectivity index (χ2v) is 5.04. The van der Waals surface area contributed by atoms with Crippen LogP contribution in [-0.2, 0) is 16.4 Å². The van der Waals surface area contributed by atoms with E-state index in [9.17, 15) is 8.42 Å². The average molecular weight is 257 g/mol. The van der Waals surface area contributed by atoms with Crippen LogP contribution in [0.1, 0.15) is 11.7 Å². The molecule has 2 aromatic heterocycles. The number of H-pyrrole nitrogens is 1. The van der Waals surface area contributed by atoms with Gasteiger partial charge in [0.05, 0.1) is 6.20 Å². The monoisotopic (exact) mass is 257 g/mol. The van der Waals surface area contributed by atoms with E-state index < -0.39 is 10.0 Å². The maximum atomic E-state index is 11.6. The van der Waals surface area contributed by atoms with Gasteiger partial charge in [-0.1, -0.05) is 5.16 Å². The molecule has 0 aromatic carbocycles. The predicted octanol–water partition coefficient (Wildman–Crippen LogP) is -0.378. The highest BCUT2D eigenvalue weighted by molar-refractivity contribution is 7.89. The summed E-state index contributed by atoms with van der Waals surface area (Å²) in [5.74, 6) is 0.922. The molecule has 2 rings (SSSR count). The minimum Gasteiger partial charge on any atom is -0.339 e. The standard InChI is InChI=1S/C8H11N5O3S/c1-6-11-7(16-13-6)2-5-10-17(14,15)8-3-4-9-12-8/h3-4,10H,2,5H2,1H3,(H,9,12). The van der Waals surface area contributed by atoms with Crippen molar-refractivity contribution < 1.29 is 12.9 Å². The summed E-state index contributed by atoms with van der Waals surface area (Å²) >= 11 is 0. The quantitative estimate of drug-likeness (QED) is 0.754. The van der Waals surface area contributed by atoms with Crippen LogP contribution in [0.4, 0.5) is 0 Å². The summed E-state index contributed by atoms with van der Waals surface area (Å²) in [5.41, 5.74) is 0. The fraction of sp³-hybridized carbons (Fsp3) is 0.375. The molecular formula is C8H11N5O3S. The third-order valence-corrected chi connectivity index (χ3v) is 3.36. The normalized spacial score (nSPS) is 11.8. The lowest BCUT2D eigenvalue weighted by atomic mass is 10.4. The first-order valence-corrected chi connectivity index (χ1v) is 6.34. The molecule has 0 spiro atoms. The lowest BCUT2D eigenvalue weighted by molar-refractivity contribution is 0.375. The Morgan fingerprint density at radius 2 is 2.35 bits per heavy atom. The van der Waals surface area contributed by atoms with Crippen LogP contribution in [-0.4, -0.2) is 35.3 Å². The number of nitrogens with one attached hydrogen (secondary N) is 2. The van der Waals surface area contributed by atoms with Gasteiger partial charge in [0.25, 0.3) is 10.0 Å². The highest BCUT2D eigenvalue weighted by Crippen LogP contribution is 2.02. The van der Waals surface area contributed by atoms with E-state index in [0.717, 1.165) is 0 Å². The zero-order valence-electron chi connectivity index (χ0n) is 9.04. The second kappa shape index (κ2) is 4.63. The molecule has 2 aromatic rings. The lowest BCUT2D eigenvalue weighted by Gasteiger charge is -2.01. The number of hydrogen-bond donors (Lipinski definition) is 2. The molecule has 17 heavy (non-hydrogen) atoms. The van der Waals surface area contributed by atoms with Gasteiger partial charge in [0, 0.05) is 13.0 Å². The first-order valence-electron chi connectivity index (χ1n) is 4.86. The van der Waals surface area contributed by atoms with Gasteiger partial charge in [-0.2, -0.15) is 10.1 Å². The predicted molar refractivity (Wildman–Crippen MR) is 56.5 cm³/mol. The Kier molecular flexibility index (Phi) is 3.20. The van der Waals surface area contributed by atoms with Crippen molar-refractivity contribution in [1.29, 1.82) is 0 Å². The topological polar surface area (TPSA) is 114 Å². The maximum absolute atomic E-state index is 11.6.